The SMILES string of the molecule is COC(=O)c1sc(NCc2ccccc2-n2ccc(C)n2)nc1Cl. The summed E-state index contributed by atoms with van der Waals surface area (Å²) in [6, 6.07) is 9.89. The zero-order chi connectivity index (χ0) is 17.1. The minimum atomic E-state index is -0.488. The Bertz CT molecular complexity index is 875. The lowest BCUT2D eigenvalue weighted by Crippen LogP contribution is -2.05. The summed E-state index contributed by atoms with van der Waals surface area (Å²) >= 11 is 7.14. The molecule has 6 nitrogen and oxygen atoms in total. The van der Waals surface area contributed by atoms with E-state index in [4.69, 9.17) is 11.6 Å². The number of methoxy groups -OCH3 is 1. The Morgan fingerprint density at radius 2 is 2.17 bits per heavy atom. The fraction of sp³-hybridized carbons (Fsp3) is 0.188. The van der Waals surface area contributed by atoms with Gasteiger partial charge in [0.2, 0.25) is 0 Å². The Hall–Kier alpha value is -2.38. The number of rotatable bonds is 5. The zero-order valence-electron chi connectivity index (χ0n) is 13.1. The molecule has 8 heteroatoms. The minimum Gasteiger partial charge on any atom is -0.465 e. The van der Waals surface area contributed by atoms with Crippen molar-refractivity contribution in [2.75, 3.05) is 12.4 Å². The fourth-order valence-corrected chi connectivity index (χ4v) is 3.30. The summed E-state index contributed by atoms with van der Waals surface area (Å²) in [6.07, 6.45) is 1.92. The van der Waals surface area contributed by atoms with Crippen LogP contribution in [0.2, 0.25) is 5.15 Å². The molecule has 0 spiro atoms. The van der Waals surface area contributed by atoms with Crippen LogP contribution in [0, 0.1) is 6.92 Å². The van der Waals surface area contributed by atoms with Gasteiger partial charge in [-0.1, -0.05) is 41.1 Å². The molecule has 2 aromatic heterocycles. The van der Waals surface area contributed by atoms with Gasteiger partial charge in [-0.05, 0) is 24.6 Å². The van der Waals surface area contributed by atoms with E-state index in [-0.39, 0.29) is 10.0 Å². The first kappa shape index (κ1) is 16.5. The molecule has 0 aliphatic rings. The normalized spacial score (nSPS) is 10.6. The highest BCUT2D eigenvalue weighted by Gasteiger charge is 2.17. The predicted molar refractivity (Wildman–Crippen MR) is 94.1 cm³/mol. The van der Waals surface area contributed by atoms with Crippen molar-refractivity contribution in [1.29, 1.82) is 0 Å². The Morgan fingerprint density at radius 1 is 1.38 bits per heavy atom. The number of carbonyl (C=O) groups is 1. The first-order valence-corrected chi connectivity index (χ1v) is 8.37. The number of halogens is 1. The van der Waals surface area contributed by atoms with E-state index in [1.54, 1.807) is 0 Å². The summed E-state index contributed by atoms with van der Waals surface area (Å²) in [5, 5.41) is 8.34. The first-order valence-electron chi connectivity index (χ1n) is 7.17. The Morgan fingerprint density at radius 3 is 2.88 bits per heavy atom. The highest BCUT2D eigenvalue weighted by Crippen LogP contribution is 2.28. The highest BCUT2D eigenvalue weighted by molar-refractivity contribution is 7.18. The van der Waals surface area contributed by atoms with Crippen LogP contribution in [0.3, 0.4) is 0 Å². The van der Waals surface area contributed by atoms with E-state index in [0.29, 0.717) is 11.7 Å². The van der Waals surface area contributed by atoms with Crippen LogP contribution in [-0.2, 0) is 11.3 Å². The summed E-state index contributed by atoms with van der Waals surface area (Å²) in [6.45, 7) is 2.48. The topological polar surface area (TPSA) is 69.0 Å². The molecule has 0 saturated carbocycles. The molecule has 0 atom stereocenters. The number of nitrogens with one attached hydrogen (secondary N) is 1. The number of aryl methyl sites for hydroxylation is 1. The van der Waals surface area contributed by atoms with Gasteiger partial charge in [-0.15, -0.1) is 0 Å². The van der Waals surface area contributed by atoms with Crippen LogP contribution >= 0.6 is 22.9 Å². The quantitative estimate of drug-likeness (QED) is 0.701. The van der Waals surface area contributed by atoms with E-state index in [1.807, 2.05) is 48.1 Å². The van der Waals surface area contributed by atoms with Gasteiger partial charge in [-0.2, -0.15) is 5.10 Å². The number of carbonyl (C=O) groups excluding carboxylic acids is 1. The lowest BCUT2D eigenvalue weighted by atomic mass is 10.2. The summed E-state index contributed by atoms with van der Waals surface area (Å²) in [7, 11) is 1.31. The summed E-state index contributed by atoms with van der Waals surface area (Å²) in [5.41, 5.74) is 2.98. The van der Waals surface area contributed by atoms with E-state index in [9.17, 15) is 4.79 Å². The average molecular weight is 363 g/mol. The third-order valence-corrected chi connectivity index (χ3v) is 4.73. The number of ether oxygens (including phenoxy) is 1. The van der Waals surface area contributed by atoms with Gasteiger partial charge in [0.1, 0.15) is 0 Å². The van der Waals surface area contributed by atoms with E-state index >= 15 is 0 Å². The van der Waals surface area contributed by atoms with E-state index in [0.717, 1.165) is 16.9 Å². The van der Waals surface area contributed by atoms with Crippen molar-refractivity contribution in [2.24, 2.45) is 0 Å². The number of aromatic nitrogens is 3. The van der Waals surface area contributed by atoms with Gasteiger partial charge in [-0.25, -0.2) is 14.5 Å². The van der Waals surface area contributed by atoms with Gasteiger partial charge >= 0.3 is 5.97 Å². The van der Waals surface area contributed by atoms with Gasteiger partial charge in [-0.3, -0.25) is 0 Å². The molecular formula is C16H15ClN4O2S. The highest BCUT2D eigenvalue weighted by atomic mass is 35.5. The summed E-state index contributed by atoms with van der Waals surface area (Å²) in [4.78, 5) is 16.0. The minimum absolute atomic E-state index is 0.144. The second-order valence-electron chi connectivity index (χ2n) is 5.01. The predicted octanol–water partition coefficient (Wildman–Crippen LogP) is 3.69. The van der Waals surface area contributed by atoms with Gasteiger partial charge < -0.3 is 10.1 Å². The lowest BCUT2D eigenvalue weighted by Gasteiger charge is -2.10. The number of anilines is 1. The van der Waals surface area contributed by atoms with Crippen molar-refractivity contribution < 1.29 is 9.53 Å². The van der Waals surface area contributed by atoms with Crippen LogP contribution in [0.15, 0.2) is 36.5 Å². The molecule has 0 fully saturated rings. The largest absolute Gasteiger partial charge is 0.465 e. The average Bonchev–Trinajstić information content (AvgIpc) is 3.18. The van der Waals surface area contributed by atoms with Crippen molar-refractivity contribution in [3.05, 3.63) is 57.8 Å². The molecule has 0 unspecified atom stereocenters. The van der Waals surface area contributed by atoms with Crippen LogP contribution in [0.1, 0.15) is 20.9 Å². The van der Waals surface area contributed by atoms with Crippen LogP contribution in [0.4, 0.5) is 5.13 Å². The second-order valence-corrected chi connectivity index (χ2v) is 6.37. The molecule has 0 aliphatic carbocycles. The molecule has 1 N–H and O–H groups in total. The number of hydrogen-bond donors (Lipinski definition) is 1. The van der Waals surface area contributed by atoms with Crippen molar-refractivity contribution in [3.8, 4) is 5.69 Å². The summed E-state index contributed by atoms with van der Waals surface area (Å²) < 4.78 is 6.51. The van der Waals surface area contributed by atoms with E-state index < -0.39 is 5.97 Å². The number of esters is 1. The number of hydrogen-bond acceptors (Lipinski definition) is 6. The van der Waals surface area contributed by atoms with Crippen molar-refractivity contribution >= 4 is 34.0 Å². The monoisotopic (exact) mass is 362 g/mol. The fourth-order valence-electron chi connectivity index (χ4n) is 2.20. The standard InChI is InChI=1S/C16H15ClN4O2S/c1-10-7-8-21(20-10)12-6-4-3-5-11(12)9-18-16-19-14(17)13(24-16)15(22)23-2/h3-8H,9H2,1-2H3,(H,18,19). The Labute approximate surface area is 148 Å². The van der Waals surface area contributed by atoms with Crippen LogP contribution in [0.5, 0.6) is 0 Å². The molecule has 1 aromatic carbocycles. The molecule has 0 bridgehead atoms. The smallest absolute Gasteiger partial charge is 0.351 e. The van der Waals surface area contributed by atoms with E-state index in [1.165, 1.54) is 18.4 Å². The lowest BCUT2D eigenvalue weighted by molar-refractivity contribution is 0.0606. The second kappa shape index (κ2) is 7.02. The molecule has 0 radical (unpaired) electrons. The van der Waals surface area contributed by atoms with Crippen LogP contribution in [-0.4, -0.2) is 27.8 Å². The van der Waals surface area contributed by atoms with E-state index in [2.05, 4.69) is 20.1 Å². The van der Waals surface area contributed by atoms with Gasteiger partial charge in [0.05, 0.1) is 18.5 Å². The number of nitrogens with zero attached hydrogens (tertiary/aromatic N) is 3. The molecule has 3 aromatic rings. The maximum Gasteiger partial charge on any atom is 0.351 e. The number of para-hydroxylation sites is 1. The third kappa shape index (κ3) is 3.42. The van der Waals surface area contributed by atoms with Gasteiger partial charge in [0.25, 0.3) is 0 Å². The Kier molecular flexibility index (Phi) is 4.82. The molecular weight excluding hydrogens is 348 g/mol. The Balaban J connectivity index is 1.79. The molecule has 0 aliphatic heterocycles. The third-order valence-electron chi connectivity index (χ3n) is 3.35. The van der Waals surface area contributed by atoms with Crippen LogP contribution in [0.25, 0.3) is 5.69 Å². The molecule has 3 rings (SSSR count). The molecule has 0 amide bonds. The summed E-state index contributed by atoms with van der Waals surface area (Å²) in [5.74, 6) is -0.488. The molecule has 124 valence electrons. The number of benzene rings is 1. The van der Waals surface area contributed by atoms with Gasteiger partial charge in [0.15, 0.2) is 15.2 Å². The van der Waals surface area contributed by atoms with Crippen LogP contribution < -0.4 is 5.32 Å². The maximum absolute atomic E-state index is 11.6. The van der Waals surface area contributed by atoms with Crippen molar-refractivity contribution in [2.45, 2.75) is 13.5 Å². The molecule has 2 heterocycles. The van der Waals surface area contributed by atoms with Crippen molar-refractivity contribution in [3.63, 3.8) is 0 Å². The van der Waals surface area contributed by atoms with Crippen molar-refractivity contribution in [1.82, 2.24) is 14.8 Å². The zero-order valence-corrected chi connectivity index (χ0v) is 14.7. The molecule has 24 heavy (non-hydrogen) atoms. The first-order chi connectivity index (χ1) is 11.6. The number of thiazole rings is 1. The maximum atomic E-state index is 11.6. The molecule has 0 saturated heterocycles. The van der Waals surface area contributed by atoms with Gasteiger partial charge in [0, 0.05) is 12.7 Å².